The molecule has 0 aliphatic rings. The predicted molar refractivity (Wildman–Crippen MR) is 265 cm³/mol. The van der Waals surface area contributed by atoms with Crippen LogP contribution in [0, 0.1) is 0 Å². The molecule has 0 bridgehead atoms. The van der Waals surface area contributed by atoms with Crippen molar-refractivity contribution in [3.63, 3.8) is 0 Å². The minimum atomic E-state index is -4.64. The SMILES string of the molecule is CC/C=C\C/C=C\C/C=C\C/C=C\CCCCCCCCCCCCC(=O)OC(CO)COP(=O)(O)OCC(CO)OC(=O)CCCCCCCCCCCCCCCCCCCC. The zero-order valence-corrected chi connectivity index (χ0v) is 41.9. The molecule has 0 aliphatic carbocycles. The summed E-state index contributed by atoms with van der Waals surface area (Å²) in [6.07, 6.45) is 55.1. The van der Waals surface area contributed by atoms with E-state index in [0.29, 0.717) is 12.8 Å². The van der Waals surface area contributed by atoms with Crippen molar-refractivity contribution in [3.8, 4) is 0 Å². The quantitative estimate of drug-likeness (QED) is 0.0233. The van der Waals surface area contributed by atoms with Crippen molar-refractivity contribution < 1.29 is 47.8 Å². The van der Waals surface area contributed by atoms with Crippen molar-refractivity contribution in [1.29, 1.82) is 0 Å². The van der Waals surface area contributed by atoms with Crippen LogP contribution in [-0.4, -0.2) is 65.7 Å². The van der Waals surface area contributed by atoms with E-state index in [1.54, 1.807) is 0 Å². The lowest BCUT2D eigenvalue weighted by Crippen LogP contribution is -2.28. The summed E-state index contributed by atoms with van der Waals surface area (Å²) >= 11 is 0. The maximum atomic E-state index is 12.4. The van der Waals surface area contributed by atoms with E-state index in [4.69, 9.17) is 18.5 Å². The van der Waals surface area contributed by atoms with Crippen LogP contribution in [0.15, 0.2) is 48.6 Å². The molecule has 0 aliphatic heterocycles. The molecule has 3 atom stereocenters. The molecule has 0 aromatic heterocycles. The zero-order valence-electron chi connectivity index (χ0n) is 41.0. The Hall–Kier alpha value is -2.07. The highest BCUT2D eigenvalue weighted by Crippen LogP contribution is 2.43. The smallest absolute Gasteiger partial charge is 0.457 e. The second-order valence-corrected chi connectivity index (χ2v) is 18.9. The Kier molecular flexibility index (Phi) is 47.3. The van der Waals surface area contributed by atoms with Gasteiger partial charge >= 0.3 is 19.8 Å². The van der Waals surface area contributed by atoms with Crippen molar-refractivity contribution >= 4 is 19.8 Å². The van der Waals surface area contributed by atoms with Crippen LogP contribution >= 0.6 is 7.82 Å². The van der Waals surface area contributed by atoms with Gasteiger partial charge in [0.2, 0.25) is 0 Å². The molecule has 0 radical (unpaired) electrons. The summed E-state index contributed by atoms with van der Waals surface area (Å²) < 4.78 is 32.7. The van der Waals surface area contributed by atoms with E-state index in [9.17, 15) is 29.3 Å². The highest BCUT2D eigenvalue weighted by Gasteiger charge is 2.27. The minimum Gasteiger partial charge on any atom is -0.457 e. The van der Waals surface area contributed by atoms with Crippen LogP contribution in [-0.2, 0) is 32.7 Å². The van der Waals surface area contributed by atoms with Gasteiger partial charge in [0.25, 0.3) is 0 Å². The normalized spacial score (nSPS) is 14.0. The first kappa shape index (κ1) is 61.9. The Morgan fingerprint density at radius 3 is 1.06 bits per heavy atom. The van der Waals surface area contributed by atoms with E-state index in [-0.39, 0.29) is 12.8 Å². The van der Waals surface area contributed by atoms with Crippen LogP contribution in [0.2, 0.25) is 0 Å². The number of rotatable bonds is 49. The summed E-state index contributed by atoms with van der Waals surface area (Å²) in [6, 6.07) is 0. The number of unbranched alkanes of at least 4 members (excludes halogenated alkanes) is 27. The van der Waals surface area contributed by atoms with E-state index in [0.717, 1.165) is 70.6 Å². The molecule has 0 saturated carbocycles. The molecule has 0 heterocycles. The molecule has 64 heavy (non-hydrogen) atoms. The van der Waals surface area contributed by atoms with Gasteiger partial charge in [-0.05, 0) is 51.4 Å². The lowest BCUT2D eigenvalue weighted by atomic mass is 10.0. The Morgan fingerprint density at radius 2 is 0.734 bits per heavy atom. The van der Waals surface area contributed by atoms with Gasteiger partial charge in [0.1, 0.15) is 12.2 Å². The van der Waals surface area contributed by atoms with Gasteiger partial charge in [-0.1, -0.05) is 223 Å². The van der Waals surface area contributed by atoms with Crippen molar-refractivity contribution in [1.82, 2.24) is 0 Å². The second kappa shape index (κ2) is 48.9. The minimum absolute atomic E-state index is 0.187. The number of esters is 2. The predicted octanol–water partition coefficient (Wildman–Crippen LogP) is 14.8. The van der Waals surface area contributed by atoms with Gasteiger partial charge < -0.3 is 24.6 Å². The standard InChI is InChI=1S/C53H97O10P/c1-3-5-7-9-11-13-15-17-19-21-23-24-25-26-27-29-31-33-35-37-39-41-43-45-53(57)63-51(47-55)49-61-64(58,59)60-48-50(46-54)62-52(56)44-42-40-38-36-34-32-30-28-22-20-18-16-14-12-10-8-6-4-2/h5,7,11,13,17,19,23-24,50-51,54-55H,3-4,6,8-10,12,14-16,18,20-22,25-49H2,1-2H3,(H,58,59)/b7-5-,13-11-,19-17-,24-23-. The lowest BCUT2D eigenvalue weighted by molar-refractivity contribution is -0.153. The molecule has 0 spiro atoms. The Balaban J connectivity index is 3.82. The first-order valence-electron chi connectivity index (χ1n) is 26.1. The van der Waals surface area contributed by atoms with E-state index >= 15 is 0 Å². The van der Waals surface area contributed by atoms with Crippen LogP contribution < -0.4 is 0 Å². The second-order valence-electron chi connectivity index (χ2n) is 17.5. The molecule has 0 aromatic carbocycles. The van der Waals surface area contributed by atoms with Gasteiger partial charge in [-0.2, -0.15) is 0 Å². The van der Waals surface area contributed by atoms with Gasteiger partial charge in [-0.3, -0.25) is 18.6 Å². The van der Waals surface area contributed by atoms with Crippen LogP contribution in [0.25, 0.3) is 0 Å². The zero-order chi connectivity index (χ0) is 46.9. The first-order valence-corrected chi connectivity index (χ1v) is 27.6. The monoisotopic (exact) mass is 925 g/mol. The molecule has 0 fully saturated rings. The number of phosphoric ester groups is 1. The molecule has 3 N–H and O–H groups in total. The molecule has 0 aromatic rings. The maximum Gasteiger partial charge on any atom is 0.472 e. The average Bonchev–Trinajstić information content (AvgIpc) is 3.29. The first-order chi connectivity index (χ1) is 31.3. The summed E-state index contributed by atoms with van der Waals surface area (Å²) in [6.45, 7) is 2.14. The summed E-state index contributed by atoms with van der Waals surface area (Å²) in [4.78, 5) is 34.7. The molecular weight excluding hydrogens is 828 g/mol. The molecule has 3 unspecified atom stereocenters. The van der Waals surface area contributed by atoms with Gasteiger partial charge in [0.15, 0.2) is 0 Å². The van der Waals surface area contributed by atoms with E-state index < -0.39 is 58.4 Å². The third-order valence-electron chi connectivity index (χ3n) is 11.3. The fourth-order valence-corrected chi connectivity index (χ4v) is 8.13. The number of hydrogen-bond acceptors (Lipinski definition) is 9. The molecule has 0 amide bonds. The van der Waals surface area contributed by atoms with Crippen LogP contribution in [0.4, 0.5) is 0 Å². The van der Waals surface area contributed by atoms with Crippen molar-refractivity contribution in [2.24, 2.45) is 0 Å². The molecule has 10 nitrogen and oxygen atoms in total. The third-order valence-corrected chi connectivity index (χ3v) is 12.3. The van der Waals surface area contributed by atoms with Crippen molar-refractivity contribution in [2.45, 2.75) is 251 Å². The summed E-state index contributed by atoms with van der Waals surface area (Å²) in [5.74, 6) is -1.01. The molecular formula is C53H97O10P. The van der Waals surface area contributed by atoms with Crippen molar-refractivity contribution in [2.75, 3.05) is 26.4 Å². The summed E-state index contributed by atoms with van der Waals surface area (Å²) in [5.41, 5.74) is 0. The number of carbonyl (C=O) groups excluding carboxylic acids is 2. The number of phosphoric acid groups is 1. The molecule has 0 saturated heterocycles. The van der Waals surface area contributed by atoms with Crippen molar-refractivity contribution in [3.05, 3.63) is 48.6 Å². The number of allylic oxidation sites excluding steroid dienone is 8. The fourth-order valence-electron chi connectivity index (χ4n) is 7.34. The van der Waals surface area contributed by atoms with Gasteiger partial charge in [-0.15, -0.1) is 0 Å². The number of aliphatic hydroxyl groups excluding tert-OH is 2. The van der Waals surface area contributed by atoms with Gasteiger partial charge in [-0.25, -0.2) is 4.57 Å². The Labute approximate surface area is 392 Å². The fraction of sp³-hybridized carbons (Fsp3) is 0.811. The molecule has 0 rings (SSSR count). The topological polar surface area (TPSA) is 149 Å². The Bertz CT molecular complexity index is 1200. The Morgan fingerprint density at radius 1 is 0.438 bits per heavy atom. The number of hydrogen-bond donors (Lipinski definition) is 3. The lowest BCUT2D eigenvalue weighted by Gasteiger charge is -2.20. The number of carbonyl (C=O) groups is 2. The summed E-state index contributed by atoms with van der Waals surface area (Å²) in [7, 11) is -4.64. The highest BCUT2D eigenvalue weighted by molar-refractivity contribution is 7.47. The number of aliphatic hydroxyl groups is 2. The van der Waals surface area contributed by atoms with Crippen LogP contribution in [0.1, 0.15) is 239 Å². The van der Waals surface area contributed by atoms with Gasteiger partial charge in [0.05, 0.1) is 26.4 Å². The average molecular weight is 925 g/mol. The van der Waals surface area contributed by atoms with E-state index in [2.05, 4.69) is 62.5 Å². The van der Waals surface area contributed by atoms with Gasteiger partial charge in [0, 0.05) is 12.8 Å². The van der Waals surface area contributed by atoms with Crippen LogP contribution in [0.3, 0.4) is 0 Å². The maximum absolute atomic E-state index is 12.4. The number of ether oxygens (including phenoxy) is 2. The van der Waals surface area contributed by atoms with E-state index in [1.807, 2.05) is 0 Å². The largest absolute Gasteiger partial charge is 0.472 e. The molecule has 374 valence electrons. The van der Waals surface area contributed by atoms with E-state index in [1.165, 1.54) is 128 Å². The van der Waals surface area contributed by atoms with Crippen LogP contribution in [0.5, 0.6) is 0 Å². The third kappa shape index (κ3) is 46.5. The molecule has 11 heteroatoms. The highest BCUT2D eigenvalue weighted by atomic mass is 31.2. The summed E-state index contributed by atoms with van der Waals surface area (Å²) in [5, 5.41) is 19.3.